The predicted octanol–water partition coefficient (Wildman–Crippen LogP) is 5.19. The van der Waals surface area contributed by atoms with Crippen LogP contribution < -0.4 is 21.3 Å². The van der Waals surface area contributed by atoms with Gasteiger partial charge in [-0.05, 0) is 13.0 Å². The molecule has 0 atom stereocenters. The van der Waals surface area contributed by atoms with E-state index in [1.807, 2.05) is 12.5 Å². The number of allylic oxidation sites excluding steroid dienone is 2. The lowest BCUT2D eigenvalue weighted by Crippen LogP contribution is -2.61. The van der Waals surface area contributed by atoms with Crippen LogP contribution in [0.25, 0.3) is 0 Å². The first-order valence-electron chi connectivity index (χ1n) is 13.0. The number of hydrogen-bond donors (Lipinski definition) is 0. The van der Waals surface area contributed by atoms with Gasteiger partial charge in [-0.25, -0.2) is 4.98 Å². The van der Waals surface area contributed by atoms with Crippen LogP contribution in [0.15, 0.2) is 152 Å². The summed E-state index contributed by atoms with van der Waals surface area (Å²) >= 11 is 0. The Labute approximate surface area is 223 Å². The van der Waals surface area contributed by atoms with Gasteiger partial charge < -0.3 is 4.57 Å². The molecule has 4 aromatic carbocycles. The molecule has 0 spiro atoms. The zero-order valence-electron chi connectivity index (χ0n) is 21.8. The first-order valence-corrected chi connectivity index (χ1v) is 15.4. The van der Waals surface area contributed by atoms with Crippen molar-refractivity contribution in [1.82, 2.24) is 9.55 Å². The Bertz CT molecular complexity index is 1240. The summed E-state index contributed by atoms with van der Waals surface area (Å²) < 4.78 is 2.23. The molecular formula is C33H35BN2Si. The van der Waals surface area contributed by atoms with Crippen LogP contribution in [0.1, 0.15) is 6.92 Å². The molecule has 4 heteroatoms. The van der Waals surface area contributed by atoms with Crippen molar-refractivity contribution in [3.05, 3.63) is 152 Å². The second-order valence-electron chi connectivity index (χ2n) is 9.37. The van der Waals surface area contributed by atoms with Crippen molar-refractivity contribution >= 4 is 36.1 Å². The van der Waals surface area contributed by atoms with Crippen LogP contribution in [0.3, 0.4) is 0 Å². The SMILES string of the molecule is CB(c1ccccc1)c1ccccc1.CC=CC[Si](Cn1ccnc1)(c1ccccc1)c1ccccc1. The molecule has 0 unspecified atom stereocenters. The van der Waals surface area contributed by atoms with E-state index < -0.39 is 8.07 Å². The minimum Gasteiger partial charge on any atom is -0.340 e. The van der Waals surface area contributed by atoms with Gasteiger partial charge in [0.1, 0.15) is 8.07 Å². The summed E-state index contributed by atoms with van der Waals surface area (Å²) in [5.41, 5.74) is 2.75. The average Bonchev–Trinajstić information content (AvgIpc) is 3.50. The number of aromatic nitrogens is 2. The van der Waals surface area contributed by atoms with E-state index in [2.05, 4.69) is 163 Å². The molecule has 0 aliphatic carbocycles. The number of nitrogens with zero attached hydrogens (tertiary/aromatic N) is 2. The lowest BCUT2D eigenvalue weighted by atomic mass is 9.43. The fraction of sp³-hybridized carbons (Fsp3) is 0.121. The highest BCUT2D eigenvalue weighted by Crippen LogP contribution is 2.15. The molecule has 5 rings (SSSR count). The van der Waals surface area contributed by atoms with Crippen LogP contribution in [-0.2, 0) is 6.17 Å². The summed E-state index contributed by atoms with van der Waals surface area (Å²) in [4.78, 5) is 4.24. The van der Waals surface area contributed by atoms with Crippen LogP contribution in [-0.4, -0.2) is 24.3 Å². The van der Waals surface area contributed by atoms with Gasteiger partial charge in [-0.1, -0.05) is 162 Å². The van der Waals surface area contributed by atoms with E-state index in [-0.39, 0.29) is 0 Å². The van der Waals surface area contributed by atoms with Crippen molar-refractivity contribution < 1.29 is 0 Å². The molecule has 5 aromatic rings. The summed E-state index contributed by atoms with van der Waals surface area (Å²) in [5.74, 6) is 0. The molecule has 0 amide bonds. The summed E-state index contributed by atoms with van der Waals surface area (Å²) in [7, 11) is -1.94. The van der Waals surface area contributed by atoms with Crippen molar-refractivity contribution in [3.63, 3.8) is 0 Å². The van der Waals surface area contributed by atoms with E-state index in [0.29, 0.717) is 6.71 Å². The standard InChI is InChI=1S/C20H22N2Si.C13H13B/c1-2-3-16-23(18-22-15-14-21-17-22,19-10-6-4-7-11-19)20-12-8-5-9-13-20;1-14(12-8-4-2-5-9-12)13-10-6-3-7-11-13/h2-15,17H,16,18H2,1H3;2-11H,1H3. The van der Waals surface area contributed by atoms with Gasteiger partial charge in [0.2, 0.25) is 6.71 Å². The van der Waals surface area contributed by atoms with Gasteiger partial charge in [-0.2, -0.15) is 0 Å². The summed E-state index contributed by atoms with van der Waals surface area (Å²) in [6, 6.07) is 44.3. The van der Waals surface area contributed by atoms with Gasteiger partial charge in [0, 0.05) is 18.6 Å². The minimum absolute atomic E-state index is 0.484. The minimum atomic E-state index is -1.94. The highest BCUT2D eigenvalue weighted by Gasteiger charge is 2.36. The molecule has 2 nitrogen and oxygen atoms in total. The van der Waals surface area contributed by atoms with E-state index in [1.54, 1.807) is 0 Å². The fourth-order valence-electron chi connectivity index (χ4n) is 4.85. The Morgan fingerprint density at radius 3 is 1.57 bits per heavy atom. The van der Waals surface area contributed by atoms with E-state index in [1.165, 1.54) is 21.3 Å². The van der Waals surface area contributed by atoms with Crippen molar-refractivity contribution in [2.75, 3.05) is 0 Å². The molecule has 0 radical (unpaired) electrons. The maximum Gasteiger partial charge on any atom is 0.206 e. The number of rotatable bonds is 8. The van der Waals surface area contributed by atoms with Crippen molar-refractivity contribution in [1.29, 1.82) is 0 Å². The molecule has 0 aliphatic heterocycles. The molecule has 0 bridgehead atoms. The van der Waals surface area contributed by atoms with E-state index in [0.717, 1.165) is 12.2 Å². The maximum atomic E-state index is 4.24. The quantitative estimate of drug-likeness (QED) is 0.213. The van der Waals surface area contributed by atoms with Gasteiger partial charge in [-0.3, -0.25) is 0 Å². The van der Waals surface area contributed by atoms with Crippen LogP contribution in [0, 0.1) is 0 Å². The zero-order chi connectivity index (χ0) is 25.8. The zero-order valence-corrected chi connectivity index (χ0v) is 22.8. The average molecular weight is 499 g/mol. The van der Waals surface area contributed by atoms with Gasteiger partial charge in [0.15, 0.2) is 0 Å². The number of benzene rings is 4. The molecule has 0 saturated carbocycles. The first kappa shape index (κ1) is 26.2. The van der Waals surface area contributed by atoms with E-state index >= 15 is 0 Å². The Kier molecular flexibility index (Phi) is 9.50. The van der Waals surface area contributed by atoms with Crippen LogP contribution in [0.5, 0.6) is 0 Å². The molecule has 1 heterocycles. The second kappa shape index (κ2) is 13.4. The fourth-order valence-corrected chi connectivity index (χ4v) is 9.26. The molecule has 1 aromatic heterocycles. The molecular weight excluding hydrogens is 463 g/mol. The predicted molar refractivity (Wildman–Crippen MR) is 164 cm³/mol. The molecule has 0 N–H and O–H groups in total. The van der Waals surface area contributed by atoms with Crippen molar-refractivity contribution in [3.8, 4) is 0 Å². The van der Waals surface area contributed by atoms with Gasteiger partial charge in [0.05, 0.1) is 6.33 Å². The third-order valence-electron chi connectivity index (χ3n) is 6.97. The summed E-state index contributed by atoms with van der Waals surface area (Å²) in [6.07, 6.45) is 11.4. The molecule has 0 saturated heterocycles. The Balaban J connectivity index is 0.000000195. The largest absolute Gasteiger partial charge is 0.340 e. The highest BCUT2D eigenvalue weighted by molar-refractivity contribution is 7.01. The molecule has 37 heavy (non-hydrogen) atoms. The van der Waals surface area contributed by atoms with Crippen LogP contribution >= 0.6 is 0 Å². The van der Waals surface area contributed by atoms with E-state index in [4.69, 9.17) is 0 Å². The first-order chi connectivity index (χ1) is 18.2. The summed E-state index contributed by atoms with van der Waals surface area (Å²) in [6.45, 7) is 4.83. The number of hydrogen-bond acceptors (Lipinski definition) is 1. The molecule has 0 fully saturated rings. The smallest absolute Gasteiger partial charge is 0.206 e. The second-order valence-corrected chi connectivity index (χ2v) is 13.4. The number of imidazole rings is 1. The normalized spacial score (nSPS) is 11.1. The monoisotopic (exact) mass is 498 g/mol. The van der Waals surface area contributed by atoms with Gasteiger partial charge in [0.25, 0.3) is 0 Å². The van der Waals surface area contributed by atoms with Crippen molar-refractivity contribution in [2.45, 2.75) is 26.0 Å². The topological polar surface area (TPSA) is 17.8 Å². The van der Waals surface area contributed by atoms with E-state index in [9.17, 15) is 0 Å². The lowest BCUT2D eigenvalue weighted by Gasteiger charge is -2.32. The molecule has 184 valence electrons. The Hall–Kier alpha value is -3.89. The Morgan fingerprint density at radius 2 is 1.16 bits per heavy atom. The Morgan fingerprint density at radius 1 is 0.703 bits per heavy atom. The maximum absolute atomic E-state index is 4.24. The third-order valence-corrected chi connectivity index (χ3v) is 11.7. The van der Waals surface area contributed by atoms with Gasteiger partial charge in [-0.15, -0.1) is 0 Å². The van der Waals surface area contributed by atoms with Crippen LogP contribution in [0.4, 0.5) is 0 Å². The highest BCUT2D eigenvalue weighted by atomic mass is 28.3. The third kappa shape index (κ3) is 6.87. The van der Waals surface area contributed by atoms with Gasteiger partial charge >= 0.3 is 0 Å². The molecule has 0 aliphatic rings. The lowest BCUT2D eigenvalue weighted by molar-refractivity contribution is 0.855. The van der Waals surface area contributed by atoms with Crippen molar-refractivity contribution in [2.24, 2.45) is 0 Å². The summed E-state index contributed by atoms with van der Waals surface area (Å²) in [5, 5.41) is 2.94. The van der Waals surface area contributed by atoms with Crippen LogP contribution in [0.2, 0.25) is 12.9 Å².